The van der Waals surface area contributed by atoms with Gasteiger partial charge < -0.3 is 10.6 Å². The molecule has 5 nitrogen and oxygen atoms in total. The van der Waals surface area contributed by atoms with E-state index in [4.69, 9.17) is 0 Å². The molecule has 1 atom stereocenters. The van der Waals surface area contributed by atoms with E-state index in [2.05, 4.69) is 32.3 Å². The van der Waals surface area contributed by atoms with Crippen molar-refractivity contribution in [3.63, 3.8) is 0 Å². The number of carbonyl (C=O) groups is 1. The van der Waals surface area contributed by atoms with Gasteiger partial charge >= 0.3 is 6.03 Å². The monoisotopic (exact) mass is 304 g/mol. The van der Waals surface area contributed by atoms with Gasteiger partial charge in [-0.3, -0.25) is 5.10 Å². The van der Waals surface area contributed by atoms with E-state index < -0.39 is 0 Å². The summed E-state index contributed by atoms with van der Waals surface area (Å²) in [5.74, 6) is 0.557. The van der Waals surface area contributed by atoms with Gasteiger partial charge in [-0.25, -0.2) is 4.79 Å². The van der Waals surface area contributed by atoms with Crippen LogP contribution in [0.5, 0.6) is 0 Å². The van der Waals surface area contributed by atoms with Gasteiger partial charge in [0.1, 0.15) is 0 Å². The quantitative estimate of drug-likeness (QED) is 0.794. The molecule has 112 valence electrons. The van der Waals surface area contributed by atoms with Crippen LogP contribution >= 0.6 is 11.3 Å². The van der Waals surface area contributed by atoms with Crippen molar-refractivity contribution in [3.05, 3.63) is 40.3 Å². The zero-order chi connectivity index (χ0) is 14.5. The Morgan fingerprint density at radius 2 is 2.29 bits per heavy atom. The molecule has 1 aliphatic rings. The fourth-order valence-electron chi connectivity index (χ4n) is 2.93. The Bertz CT molecular complexity index is 546. The van der Waals surface area contributed by atoms with Gasteiger partial charge in [0, 0.05) is 11.1 Å². The fourth-order valence-corrected chi connectivity index (χ4v) is 3.80. The van der Waals surface area contributed by atoms with Crippen molar-refractivity contribution in [2.24, 2.45) is 5.92 Å². The number of urea groups is 1. The molecule has 21 heavy (non-hydrogen) atoms. The summed E-state index contributed by atoms with van der Waals surface area (Å²) in [5, 5.41) is 14.8. The van der Waals surface area contributed by atoms with Crippen molar-refractivity contribution in [2.45, 2.75) is 38.3 Å². The molecule has 1 saturated carbocycles. The molecule has 0 aliphatic heterocycles. The molecule has 0 unspecified atom stereocenters. The van der Waals surface area contributed by atoms with E-state index in [0.717, 1.165) is 5.69 Å². The van der Waals surface area contributed by atoms with E-state index in [9.17, 15) is 4.79 Å². The maximum Gasteiger partial charge on any atom is 0.315 e. The first-order chi connectivity index (χ1) is 10.3. The SMILES string of the molecule is O=C(NCc1ccn[nH]1)N[C@H](c1cccs1)C1CCCC1. The first kappa shape index (κ1) is 14.1. The Labute approximate surface area is 128 Å². The highest BCUT2D eigenvalue weighted by molar-refractivity contribution is 7.10. The van der Waals surface area contributed by atoms with E-state index in [1.165, 1.54) is 30.6 Å². The normalized spacial score (nSPS) is 16.8. The lowest BCUT2D eigenvalue weighted by Crippen LogP contribution is -2.39. The van der Waals surface area contributed by atoms with Crippen LogP contribution in [0, 0.1) is 5.92 Å². The molecule has 0 saturated heterocycles. The number of carbonyl (C=O) groups excluding carboxylic acids is 1. The average molecular weight is 304 g/mol. The number of H-pyrrole nitrogens is 1. The van der Waals surface area contributed by atoms with Crippen LogP contribution in [0.3, 0.4) is 0 Å². The van der Waals surface area contributed by atoms with Crippen LogP contribution in [0.1, 0.15) is 42.3 Å². The molecule has 2 aromatic heterocycles. The Kier molecular flexibility index (Phi) is 4.55. The van der Waals surface area contributed by atoms with Crippen LogP contribution in [0.4, 0.5) is 4.79 Å². The molecule has 0 radical (unpaired) electrons. The van der Waals surface area contributed by atoms with Crippen LogP contribution in [-0.4, -0.2) is 16.2 Å². The van der Waals surface area contributed by atoms with Crippen molar-refractivity contribution in [1.29, 1.82) is 0 Å². The number of aromatic amines is 1. The average Bonchev–Trinajstić information content (AvgIpc) is 3.26. The summed E-state index contributed by atoms with van der Waals surface area (Å²) >= 11 is 1.72. The molecule has 0 bridgehead atoms. The second-order valence-corrected chi connectivity index (χ2v) is 6.43. The number of hydrogen-bond acceptors (Lipinski definition) is 3. The summed E-state index contributed by atoms with van der Waals surface area (Å²) in [4.78, 5) is 13.4. The van der Waals surface area contributed by atoms with Crippen molar-refractivity contribution >= 4 is 17.4 Å². The van der Waals surface area contributed by atoms with E-state index in [0.29, 0.717) is 12.5 Å². The van der Waals surface area contributed by atoms with Crippen LogP contribution in [0.2, 0.25) is 0 Å². The van der Waals surface area contributed by atoms with Gasteiger partial charge in [-0.2, -0.15) is 5.10 Å². The van der Waals surface area contributed by atoms with Crippen molar-refractivity contribution in [2.75, 3.05) is 0 Å². The Balaban J connectivity index is 1.59. The summed E-state index contributed by atoms with van der Waals surface area (Å²) in [6.07, 6.45) is 6.61. The standard InChI is InChI=1S/C15H20N4OS/c20-15(16-10-12-7-8-17-19-12)18-14(11-4-1-2-5-11)13-6-3-9-21-13/h3,6-9,11,14H,1-2,4-5,10H2,(H,17,19)(H2,16,18,20)/t14-/m0/s1. The third kappa shape index (κ3) is 3.64. The molecule has 3 N–H and O–H groups in total. The Hall–Kier alpha value is -1.82. The summed E-state index contributed by atoms with van der Waals surface area (Å²) in [7, 11) is 0. The third-order valence-corrected chi connectivity index (χ3v) is 4.96. The van der Waals surface area contributed by atoms with Crippen LogP contribution in [0.15, 0.2) is 29.8 Å². The molecule has 2 heterocycles. The summed E-state index contributed by atoms with van der Waals surface area (Å²) in [6, 6.07) is 6.03. The minimum Gasteiger partial charge on any atom is -0.333 e. The van der Waals surface area contributed by atoms with Gasteiger partial charge in [-0.1, -0.05) is 18.9 Å². The largest absolute Gasteiger partial charge is 0.333 e. The number of nitrogens with one attached hydrogen (secondary N) is 3. The van der Waals surface area contributed by atoms with Gasteiger partial charge in [-0.15, -0.1) is 11.3 Å². The lowest BCUT2D eigenvalue weighted by Gasteiger charge is -2.23. The first-order valence-electron chi connectivity index (χ1n) is 7.39. The van der Waals surface area contributed by atoms with Gasteiger partial charge in [0.25, 0.3) is 0 Å². The van der Waals surface area contributed by atoms with Crippen molar-refractivity contribution in [1.82, 2.24) is 20.8 Å². The zero-order valence-electron chi connectivity index (χ0n) is 11.8. The number of rotatable bonds is 5. The lowest BCUT2D eigenvalue weighted by atomic mass is 9.97. The molecular formula is C15H20N4OS. The molecule has 0 aromatic carbocycles. The molecule has 2 amide bonds. The Morgan fingerprint density at radius 3 is 2.95 bits per heavy atom. The molecule has 2 aromatic rings. The summed E-state index contributed by atoms with van der Waals surface area (Å²) in [6.45, 7) is 0.466. The summed E-state index contributed by atoms with van der Waals surface area (Å²) < 4.78 is 0. The fraction of sp³-hybridized carbons (Fsp3) is 0.467. The highest BCUT2D eigenvalue weighted by Gasteiger charge is 2.28. The van der Waals surface area contributed by atoms with Crippen LogP contribution in [0.25, 0.3) is 0 Å². The molecule has 1 fully saturated rings. The van der Waals surface area contributed by atoms with E-state index in [1.807, 2.05) is 12.1 Å². The second kappa shape index (κ2) is 6.76. The predicted octanol–water partition coefficient (Wildman–Crippen LogP) is 3.20. The molecular weight excluding hydrogens is 284 g/mol. The minimum atomic E-state index is -0.116. The zero-order valence-corrected chi connectivity index (χ0v) is 12.7. The summed E-state index contributed by atoms with van der Waals surface area (Å²) in [5.41, 5.74) is 0.902. The van der Waals surface area contributed by atoms with E-state index in [1.54, 1.807) is 17.5 Å². The highest BCUT2D eigenvalue weighted by atomic mass is 32.1. The van der Waals surface area contributed by atoms with Gasteiger partial charge in [0.05, 0.1) is 18.3 Å². The second-order valence-electron chi connectivity index (χ2n) is 5.45. The molecule has 1 aliphatic carbocycles. The number of amides is 2. The number of nitrogens with zero attached hydrogens (tertiary/aromatic N) is 1. The number of aromatic nitrogens is 2. The van der Waals surface area contributed by atoms with Crippen molar-refractivity contribution < 1.29 is 4.79 Å². The van der Waals surface area contributed by atoms with Gasteiger partial charge in [0.2, 0.25) is 0 Å². The predicted molar refractivity (Wildman–Crippen MR) is 83.0 cm³/mol. The third-order valence-electron chi connectivity index (χ3n) is 4.01. The lowest BCUT2D eigenvalue weighted by molar-refractivity contribution is 0.231. The van der Waals surface area contributed by atoms with Crippen LogP contribution < -0.4 is 10.6 Å². The number of hydrogen-bond donors (Lipinski definition) is 3. The highest BCUT2D eigenvalue weighted by Crippen LogP contribution is 2.37. The topological polar surface area (TPSA) is 69.8 Å². The van der Waals surface area contributed by atoms with Gasteiger partial charge in [0.15, 0.2) is 0 Å². The van der Waals surface area contributed by atoms with E-state index in [-0.39, 0.29) is 12.1 Å². The van der Waals surface area contributed by atoms with Gasteiger partial charge in [-0.05, 0) is 36.3 Å². The minimum absolute atomic E-state index is 0.116. The number of thiophene rings is 1. The molecule has 6 heteroatoms. The van der Waals surface area contributed by atoms with Crippen LogP contribution in [-0.2, 0) is 6.54 Å². The maximum absolute atomic E-state index is 12.1. The molecule has 0 spiro atoms. The first-order valence-corrected chi connectivity index (χ1v) is 8.27. The smallest absolute Gasteiger partial charge is 0.315 e. The van der Waals surface area contributed by atoms with E-state index >= 15 is 0 Å². The maximum atomic E-state index is 12.1. The Morgan fingerprint density at radius 1 is 1.43 bits per heavy atom. The molecule has 3 rings (SSSR count). The van der Waals surface area contributed by atoms with Crippen molar-refractivity contribution in [3.8, 4) is 0 Å².